The molecule has 4 nitrogen and oxygen atoms in total. The molecule has 1 saturated heterocycles. The average Bonchev–Trinajstić information content (AvgIpc) is 2.48. The monoisotopic (exact) mass is 275 g/mol. The maximum Gasteiger partial charge on any atom is 0.227 e. The molecule has 4 heteroatoms. The van der Waals surface area contributed by atoms with Crippen LogP contribution < -0.4 is 5.73 Å². The molecule has 110 valence electrons. The third kappa shape index (κ3) is 3.38. The quantitative estimate of drug-likeness (QED) is 0.899. The lowest BCUT2D eigenvalue weighted by Crippen LogP contribution is -2.53. The van der Waals surface area contributed by atoms with Crippen molar-refractivity contribution < 1.29 is 4.79 Å². The van der Waals surface area contributed by atoms with Gasteiger partial charge in [-0.1, -0.05) is 31.2 Å². The van der Waals surface area contributed by atoms with E-state index in [0.29, 0.717) is 19.0 Å². The van der Waals surface area contributed by atoms with Crippen molar-refractivity contribution in [3.63, 3.8) is 0 Å². The fraction of sp³-hybridized carbons (Fsp3) is 0.562. The minimum atomic E-state index is 0.220. The zero-order valence-electron chi connectivity index (χ0n) is 12.5. The van der Waals surface area contributed by atoms with Crippen molar-refractivity contribution in [1.82, 2.24) is 9.80 Å². The Bertz CT molecular complexity index is 461. The third-order valence-corrected chi connectivity index (χ3v) is 4.28. The van der Waals surface area contributed by atoms with Gasteiger partial charge in [0.2, 0.25) is 5.91 Å². The van der Waals surface area contributed by atoms with Crippen molar-refractivity contribution in [3.8, 4) is 0 Å². The molecule has 1 amide bonds. The third-order valence-electron chi connectivity index (χ3n) is 4.28. The van der Waals surface area contributed by atoms with Crippen LogP contribution in [-0.2, 0) is 17.8 Å². The van der Waals surface area contributed by atoms with E-state index in [-0.39, 0.29) is 5.91 Å². The lowest BCUT2D eigenvalue weighted by Gasteiger charge is -2.39. The molecule has 1 aromatic carbocycles. The van der Waals surface area contributed by atoms with Gasteiger partial charge in [-0.25, -0.2) is 0 Å². The van der Waals surface area contributed by atoms with Gasteiger partial charge in [0.1, 0.15) is 0 Å². The van der Waals surface area contributed by atoms with Crippen molar-refractivity contribution in [3.05, 3.63) is 35.4 Å². The van der Waals surface area contributed by atoms with E-state index in [1.54, 1.807) is 0 Å². The van der Waals surface area contributed by atoms with Crippen LogP contribution in [-0.4, -0.2) is 48.4 Å². The van der Waals surface area contributed by atoms with Crippen LogP contribution in [0.5, 0.6) is 0 Å². The molecule has 1 fully saturated rings. The molecule has 0 spiro atoms. The van der Waals surface area contributed by atoms with Gasteiger partial charge in [0.05, 0.1) is 6.42 Å². The Morgan fingerprint density at radius 1 is 1.30 bits per heavy atom. The fourth-order valence-corrected chi connectivity index (χ4v) is 2.82. The maximum absolute atomic E-state index is 12.5. The number of nitrogens with zero attached hydrogens (tertiary/aromatic N) is 2. The lowest BCUT2D eigenvalue weighted by molar-refractivity contribution is -0.133. The molecule has 20 heavy (non-hydrogen) atoms. The normalized spacial score (nSPS) is 20.1. The summed E-state index contributed by atoms with van der Waals surface area (Å²) in [6.45, 7) is 5.30. The highest BCUT2D eigenvalue weighted by Crippen LogP contribution is 2.14. The van der Waals surface area contributed by atoms with E-state index in [1.165, 1.54) is 0 Å². The van der Waals surface area contributed by atoms with Crippen LogP contribution >= 0.6 is 0 Å². The van der Waals surface area contributed by atoms with Crippen LogP contribution in [0.4, 0.5) is 0 Å². The Balaban J connectivity index is 2.01. The minimum Gasteiger partial charge on any atom is -0.340 e. The van der Waals surface area contributed by atoms with E-state index in [4.69, 9.17) is 5.73 Å². The summed E-state index contributed by atoms with van der Waals surface area (Å²) < 4.78 is 0. The topological polar surface area (TPSA) is 49.6 Å². The number of carbonyl (C=O) groups is 1. The van der Waals surface area contributed by atoms with Gasteiger partial charge >= 0.3 is 0 Å². The predicted molar refractivity (Wildman–Crippen MR) is 81.3 cm³/mol. The summed E-state index contributed by atoms with van der Waals surface area (Å²) in [5.74, 6) is 0.220. The van der Waals surface area contributed by atoms with Crippen molar-refractivity contribution >= 4 is 5.91 Å². The Morgan fingerprint density at radius 3 is 2.65 bits per heavy atom. The van der Waals surface area contributed by atoms with Gasteiger partial charge in [-0.05, 0) is 24.6 Å². The summed E-state index contributed by atoms with van der Waals surface area (Å²) in [5, 5.41) is 0. The van der Waals surface area contributed by atoms with Gasteiger partial charge in [-0.15, -0.1) is 0 Å². The highest BCUT2D eigenvalue weighted by Gasteiger charge is 2.26. The number of hydrogen-bond acceptors (Lipinski definition) is 3. The molecule has 2 N–H and O–H groups in total. The van der Waals surface area contributed by atoms with E-state index in [1.807, 2.05) is 29.2 Å². The largest absolute Gasteiger partial charge is 0.340 e. The molecular formula is C16H25N3O. The predicted octanol–water partition coefficient (Wildman–Crippen LogP) is 1.24. The zero-order chi connectivity index (χ0) is 14.5. The highest BCUT2D eigenvalue weighted by atomic mass is 16.2. The Hall–Kier alpha value is -1.39. The first-order chi connectivity index (χ1) is 9.65. The van der Waals surface area contributed by atoms with Crippen LogP contribution in [0.3, 0.4) is 0 Å². The van der Waals surface area contributed by atoms with Crippen molar-refractivity contribution in [2.45, 2.75) is 32.4 Å². The summed E-state index contributed by atoms with van der Waals surface area (Å²) in [6.07, 6.45) is 1.55. The standard InChI is InChI=1S/C16H25N3O/c1-3-15-12-19(9-8-18(15)2)16(20)10-13-6-4-5-7-14(13)11-17/h4-7,15H,3,8-12,17H2,1-2H3. The van der Waals surface area contributed by atoms with Gasteiger partial charge in [0, 0.05) is 32.2 Å². The molecule has 1 aliphatic heterocycles. The second-order valence-electron chi connectivity index (χ2n) is 5.53. The SMILES string of the molecule is CCC1CN(C(=O)Cc2ccccc2CN)CCN1C. The van der Waals surface area contributed by atoms with Crippen LogP contribution in [0.15, 0.2) is 24.3 Å². The Morgan fingerprint density at radius 2 is 2.00 bits per heavy atom. The number of hydrogen-bond donors (Lipinski definition) is 1. The summed E-state index contributed by atoms with van der Waals surface area (Å²) in [5.41, 5.74) is 7.87. The Kier molecular flexibility index (Phi) is 5.15. The van der Waals surface area contributed by atoms with E-state index in [0.717, 1.165) is 37.2 Å². The molecule has 1 aliphatic rings. The van der Waals surface area contributed by atoms with E-state index < -0.39 is 0 Å². The first-order valence-corrected chi connectivity index (χ1v) is 7.40. The summed E-state index contributed by atoms with van der Waals surface area (Å²) in [6, 6.07) is 8.44. The molecule has 1 atom stereocenters. The number of carbonyl (C=O) groups excluding carboxylic acids is 1. The maximum atomic E-state index is 12.5. The smallest absolute Gasteiger partial charge is 0.227 e. The number of likely N-dealkylation sites (N-methyl/N-ethyl adjacent to an activating group) is 1. The lowest BCUT2D eigenvalue weighted by atomic mass is 10.0. The van der Waals surface area contributed by atoms with Gasteiger partial charge < -0.3 is 10.6 Å². The molecule has 1 aromatic rings. The number of piperazine rings is 1. The first-order valence-electron chi connectivity index (χ1n) is 7.40. The summed E-state index contributed by atoms with van der Waals surface area (Å²) in [4.78, 5) is 16.8. The highest BCUT2D eigenvalue weighted by molar-refractivity contribution is 5.79. The molecule has 1 heterocycles. The van der Waals surface area contributed by atoms with E-state index >= 15 is 0 Å². The van der Waals surface area contributed by atoms with Crippen molar-refractivity contribution in [2.75, 3.05) is 26.7 Å². The molecule has 0 aromatic heterocycles. The van der Waals surface area contributed by atoms with Gasteiger partial charge in [-0.2, -0.15) is 0 Å². The van der Waals surface area contributed by atoms with Gasteiger partial charge in [0.25, 0.3) is 0 Å². The van der Waals surface area contributed by atoms with Crippen molar-refractivity contribution in [2.24, 2.45) is 5.73 Å². The van der Waals surface area contributed by atoms with Crippen LogP contribution in [0.1, 0.15) is 24.5 Å². The first kappa shape index (κ1) is 15.0. The Labute approximate surface area is 121 Å². The molecule has 0 aliphatic carbocycles. The van der Waals surface area contributed by atoms with E-state index in [2.05, 4.69) is 18.9 Å². The fourth-order valence-electron chi connectivity index (χ4n) is 2.82. The van der Waals surface area contributed by atoms with Crippen LogP contribution in [0.25, 0.3) is 0 Å². The molecule has 1 unspecified atom stereocenters. The van der Waals surface area contributed by atoms with Crippen molar-refractivity contribution in [1.29, 1.82) is 0 Å². The molecule has 0 radical (unpaired) electrons. The van der Waals surface area contributed by atoms with Gasteiger partial charge in [-0.3, -0.25) is 9.69 Å². The average molecular weight is 275 g/mol. The molecule has 0 bridgehead atoms. The zero-order valence-corrected chi connectivity index (χ0v) is 12.5. The molecule has 0 saturated carbocycles. The summed E-state index contributed by atoms with van der Waals surface area (Å²) in [7, 11) is 2.14. The number of nitrogens with two attached hydrogens (primary N) is 1. The number of benzene rings is 1. The second-order valence-corrected chi connectivity index (χ2v) is 5.53. The van der Waals surface area contributed by atoms with Crippen LogP contribution in [0.2, 0.25) is 0 Å². The minimum absolute atomic E-state index is 0.220. The number of rotatable bonds is 4. The summed E-state index contributed by atoms with van der Waals surface area (Å²) >= 11 is 0. The van der Waals surface area contributed by atoms with Crippen LogP contribution in [0, 0.1) is 0 Å². The number of amides is 1. The van der Waals surface area contributed by atoms with Gasteiger partial charge in [0.15, 0.2) is 0 Å². The molecular weight excluding hydrogens is 250 g/mol. The molecule has 2 rings (SSSR count). The van der Waals surface area contributed by atoms with E-state index in [9.17, 15) is 4.79 Å². The second kappa shape index (κ2) is 6.86.